The van der Waals surface area contributed by atoms with Crippen molar-refractivity contribution in [2.45, 2.75) is 0 Å². The first kappa shape index (κ1) is 13.1. The van der Waals surface area contributed by atoms with E-state index in [2.05, 4.69) is 20.5 Å². The second-order valence-corrected chi connectivity index (χ2v) is 2.89. The number of imide groups is 3. The fraction of sp³-hybridized carbons (Fsp3) is 0. The zero-order valence-corrected chi connectivity index (χ0v) is 12.8. The number of amides is 3. The van der Waals surface area contributed by atoms with Crippen LogP contribution < -0.4 is 0 Å². The molecule has 0 fully saturated rings. The van der Waals surface area contributed by atoms with E-state index in [9.17, 15) is 14.4 Å². The fourth-order valence-electron chi connectivity index (χ4n) is 1.42. The molecule has 0 saturated carbocycles. The third kappa shape index (κ3) is 2.08. The molecule has 0 saturated heterocycles. The Morgan fingerprint density at radius 3 is 1.81 bits per heavy atom. The summed E-state index contributed by atoms with van der Waals surface area (Å²) in [4.78, 5) is 34.4. The Labute approximate surface area is 109 Å². The monoisotopic (exact) mass is 331 g/mol. The minimum atomic E-state index is -0.795. The Kier molecular flexibility index (Phi) is 4.38. The van der Waals surface area contributed by atoms with Gasteiger partial charge in [-0.3, -0.25) is 9.59 Å². The molecule has 0 unspecified atom stereocenters. The molecule has 1 aromatic carbocycles. The van der Waals surface area contributed by atoms with Crippen molar-refractivity contribution in [2.24, 2.45) is 0 Å². The normalized spacial score (nSPS) is 13.1. The fourth-order valence-corrected chi connectivity index (χ4v) is 1.42. The van der Waals surface area contributed by atoms with Gasteiger partial charge in [0, 0.05) is 0 Å². The molecule has 0 atom stereocenters. The van der Waals surface area contributed by atoms with Crippen LogP contribution in [0.5, 0.6) is 0 Å². The molecule has 3 amide bonds. The van der Waals surface area contributed by atoms with Crippen molar-refractivity contribution in [1.82, 2.24) is 4.90 Å². The predicted molar refractivity (Wildman–Crippen MR) is 56.2 cm³/mol. The molecule has 0 radical (unpaired) electrons. The van der Waals surface area contributed by atoms with Gasteiger partial charge < -0.3 is 11.7 Å². The molecule has 1 aliphatic rings. The molecule has 4 nitrogen and oxygen atoms in total. The SMILES string of the molecule is [CH2-]C(=O)N1C(=O)c2ccccc2C1=O.[Zn+][Br]. The first-order valence-electron chi connectivity index (χ1n) is 4.23. The van der Waals surface area contributed by atoms with E-state index in [1.54, 1.807) is 12.1 Å². The van der Waals surface area contributed by atoms with Crippen molar-refractivity contribution < 1.29 is 30.7 Å². The van der Waals surface area contributed by atoms with Crippen LogP contribution in [-0.2, 0) is 21.1 Å². The van der Waals surface area contributed by atoms with Crippen LogP contribution in [0.2, 0.25) is 0 Å². The number of nitrogens with zero attached hydrogens (tertiary/aromatic N) is 1. The van der Waals surface area contributed by atoms with Crippen molar-refractivity contribution in [2.75, 3.05) is 0 Å². The van der Waals surface area contributed by atoms with E-state index in [1.165, 1.54) is 28.5 Å². The Morgan fingerprint density at radius 1 is 1.12 bits per heavy atom. The zero-order valence-electron chi connectivity index (χ0n) is 8.27. The maximum absolute atomic E-state index is 11.5. The Hall–Kier alpha value is -0.997. The molecule has 78 valence electrons. The predicted octanol–water partition coefficient (Wildman–Crippen LogP) is 1.49. The summed E-state index contributed by atoms with van der Waals surface area (Å²) in [6, 6.07) is 6.30. The van der Waals surface area contributed by atoms with E-state index in [0.717, 1.165) is 0 Å². The molecule has 1 aliphatic heterocycles. The van der Waals surface area contributed by atoms with Gasteiger partial charge in [-0.05, 0) is 12.1 Å². The van der Waals surface area contributed by atoms with Crippen LogP contribution in [0, 0.1) is 6.92 Å². The zero-order chi connectivity index (χ0) is 12.3. The number of hydrogen-bond acceptors (Lipinski definition) is 3. The van der Waals surface area contributed by atoms with Gasteiger partial charge in [-0.1, -0.05) is 12.1 Å². The Balaban J connectivity index is 0.000000606. The van der Waals surface area contributed by atoms with Crippen LogP contribution in [0.25, 0.3) is 0 Å². The van der Waals surface area contributed by atoms with Crippen LogP contribution in [0.1, 0.15) is 20.7 Å². The number of hydrogen-bond donors (Lipinski definition) is 0. The van der Waals surface area contributed by atoms with Crippen LogP contribution in [0.15, 0.2) is 24.3 Å². The van der Waals surface area contributed by atoms with Crippen molar-refractivity contribution in [3.8, 4) is 0 Å². The number of fused-ring (bicyclic) bond motifs is 1. The Morgan fingerprint density at radius 2 is 1.50 bits per heavy atom. The molecule has 0 aliphatic carbocycles. The number of carbonyl (C=O) groups is 3. The molecule has 0 N–H and O–H groups in total. The molecule has 6 heteroatoms. The summed E-state index contributed by atoms with van der Waals surface area (Å²) in [6.07, 6.45) is 0. The molecule has 0 spiro atoms. The molecule has 1 heterocycles. The summed E-state index contributed by atoms with van der Waals surface area (Å²) < 4.78 is 0. The molecule has 2 rings (SSSR count). The topological polar surface area (TPSA) is 54.5 Å². The van der Waals surface area contributed by atoms with Crippen molar-refractivity contribution >= 4 is 31.3 Å². The van der Waals surface area contributed by atoms with E-state index in [0.29, 0.717) is 4.90 Å². The summed E-state index contributed by atoms with van der Waals surface area (Å²) in [5.74, 6) is -1.98. The number of carbonyl (C=O) groups excluding carboxylic acids is 3. The molecule has 1 aromatic rings. The Bertz CT molecular complexity index is 426. The second kappa shape index (κ2) is 5.37. The van der Waals surface area contributed by atoms with E-state index in [-0.39, 0.29) is 11.1 Å². The number of benzene rings is 1. The van der Waals surface area contributed by atoms with Crippen LogP contribution in [0.4, 0.5) is 0 Å². The van der Waals surface area contributed by atoms with Crippen molar-refractivity contribution in [1.29, 1.82) is 0 Å². The molecule has 0 aromatic heterocycles. The van der Waals surface area contributed by atoms with Gasteiger partial charge in [-0.2, -0.15) is 0 Å². The second-order valence-electron chi connectivity index (χ2n) is 2.89. The summed E-state index contributed by atoms with van der Waals surface area (Å²) in [5, 5.41) is 0. The van der Waals surface area contributed by atoms with Crippen molar-refractivity contribution in [3.05, 3.63) is 42.3 Å². The first-order chi connectivity index (χ1) is 7.63. The van der Waals surface area contributed by atoms with Gasteiger partial charge in [0.05, 0.1) is 17.0 Å². The van der Waals surface area contributed by atoms with Crippen LogP contribution in [0.3, 0.4) is 0 Å². The first-order valence-corrected chi connectivity index (χ1v) is 11.2. The minimum absolute atomic E-state index is 0.259. The van der Waals surface area contributed by atoms with Gasteiger partial charge in [-0.15, -0.1) is 0 Å². The van der Waals surface area contributed by atoms with Crippen molar-refractivity contribution in [3.63, 3.8) is 0 Å². The molecular formula is C10H6BrNO3Zn. The van der Waals surface area contributed by atoms with Gasteiger partial charge in [0.15, 0.2) is 0 Å². The van der Waals surface area contributed by atoms with Gasteiger partial charge in [-0.25, -0.2) is 4.90 Å². The standard InChI is InChI=1S/C10H6NO3.BrH.Zn/c1-6(12)11-9(13)7-4-2-3-5-8(7)10(11)14;;/h2-5H,1H2;1H;/q-1;;+2/p-1. The van der Waals surface area contributed by atoms with E-state index in [1.807, 2.05) is 0 Å². The third-order valence-electron chi connectivity index (χ3n) is 2.04. The van der Waals surface area contributed by atoms with Gasteiger partial charge >= 0.3 is 30.0 Å². The van der Waals surface area contributed by atoms with E-state index >= 15 is 0 Å². The van der Waals surface area contributed by atoms with E-state index in [4.69, 9.17) is 0 Å². The van der Waals surface area contributed by atoms with Gasteiger partial charge in [0.1, 0.15) is 0 Å². The summed E-state index contributed by atoms with van der Waals surface area (Å²) in [7, 11) is 0. The average Bonchev–Trinajstić information content (AvgIpc) is 2.55. The number of rotatable bonds is 0. The maximum atomic E-state index is 11.5. The molecular weight excluding hydrogens is 327 g/mol. The van der Waals surface area contributed by atoms with Gasteiger partial charge in [0.2, 0.25) is 0 Å². The average molecular weight is 333 g/mol. The van der Waals surface area contributed by atoms with Gasteiger partial charge in [0.25, 0.3) is 11.8 Å². The number of halogens is 1. The molecule has 16 heavy (non-hydrogen) atoms. The quantitative estimate of drug-likeness (QED) is 0.411. The molecule has 0 bridgehead atoms. The summed E-state index contributed by atoms with van der Waals surface area (Å²) in [6.45, 7) is 3.05. The summed E-state index contributed by atoms with van der Waals surface area (Å²) in [5.41, 5.74) is 0.518. The van der Waals surface area contributed by atoms with Crippen LogP contribution >= 0.6 is 13.6 Å². The van der Waals surface area contributed by atoms with Crippen LogP contribution in [-0.4, -0.2) is 22.6 Å². The van der Waals surface area contributed by atoms with E-state index < -0.39 is 17.7 Å². The summed E-state index contributed by atoms with van der Waals surface area (Å²) >= 11 is 4.25. The third-order valence-corrected chi connectivity index (χ3v) is 2.04.